The Hall–Kier alpha value is -9.37. The zero-order valence-electron chi connectivity index (χ0n) is 39.6. The molecule has 4 spiro atoms. The van der Waals surface area contributed by atoms with Crippen molar-refractivity contribution in [2.75, 3.05) is 0 Å². The summed E-state index contributed by atoms with van der Waals surface area (Å²) in [6.45, 7) is 2.27. The monoisotopic (exact) mass is 943 g/mol. The van der Waals surface area contributed by atoms with Gasteiger partial charge in [-0.2, -0.15) is 0 Å². The minimum absolute atomic E-state index is 0.170. The molecule has 0 aromatic heterocycles. The van der Waals surface area contributed by atoms with Crippen LogP contribution < -0.4 is 0 Å². The van der Waals surface area contributed by atoms with E-state index in [1.54, 1.807) is 297 Å². The van der Waals surface area contributed by atoms with Gasteiger partial charge >= 0.3 is 0 Å². The molecule has 2 nitrogen and oxygen atoms in total. The van der Waals surface area contributed by atoms with Crippen LogP contribution in [-0.4, -0.2) is 5.90 Å². The van der Waals surface area contributed by atoms with Gasteiger partial charge in [0.15, 0.2) is 11.1 Å². The number of benzene rings is 19. The average Bonchev–Trinajstić information content (AvgIpc) is 1.41. The lowest BCUT2D eigenvalue weighted by Gasteiger charge is -2.52. The third-order valence-electron chi connectivity index (χ3n) is 27.9. The van der Waals surface area contributed by atoms with Crippen molar-refractivity contribution in [1.29, 1.82) is 0 Å². The third-order valence-corrected chi connectivity index (χ3v) is 27.9. The van der Waals surface area contributed by atoms with E-state index in [1.807, 2.05) is 0 Å². The van der Waals surface area contributed by atoms with E-state index in [1.165, 1.54) is 16.7 Å². The topological polar surface area (TPSA) is 21.6 Å². The van der Waals surface area contributed by atoms with E-state index in [2.05, 4.69) is 61.5 Å². The summed E-state index contributed by atoms with van der Waals surface area (Å²) in [6.07, 6.45) is 0. The van der Waals surface area contributed by atoms with E-state index in [0.717, 1.165) is 11.5 Å². The number of hydrogen-bond acceptors (Lipinski definition) is 2. The average molecular weight is 944 g/mol. The van der Waals surface area contributed by atoms with E-state index in [9.17, 15) is 0 Å². The first-order chi connectivity index (χ1) is 38.3. The Balaban J connectivity index is 1.10. The Labute approximate surface area is 422 Å². The second-order valence-electron chi connectivity index (χ2n) is 28.2. The number of ether oxygens (including phenoxy) is 1. The highest BCUT2D eigenvalue weighted by atomic mass is 16.5. The largest absolute Gasteiger partial charge is 0.458 e. The third kappa shape index (κ3) is 1.55. The lowest BCUT2D eigenvalue weighted by molar-refractivity contribution is 0.0165. The smallest absolute Gasteiger partial charge is 0.218 e. The van der Waals surface area contributed by atoms with Crippen molar-refractivity contribution in [3.05, 3.63) is 105 Å². The first-order valence-electron chi connectivity index (χ1n) is 28.7. The van der Waals surface area contributed by atoms with Gasteiger partial charge in [0.2, 0.25) is 5.90 Å². The molecule has 1 aliphatic heterocycles. The summed E-state index contributed by atoms with van der Waals surface area (Å²) in [5.41, 5.74) is 11.2. The molecule has 77 heavy (non-hydrogen) atoms. The highest BCUT2D eigenvalue weighted by Gasteiger charge is 2.99. The number of aliphatic imine (C=N–C) groups is 1. The van der Waals surface area contributed by atoms with Crippen molar-refractivity contribution < 1.29 is 4.74 Å². The molecule has 1 fully saturated rings. The quantitative estimate of drug-likeness (QED) is 0.158. The van der Waals surface area contributed by atoms with E-state index >= 15 is 0 Å². The summed E-state index contributed by atoms with van der Waals surface area (Å²) >= 11 is 0. The molecule has 5 atom stereocenters. The number of rotatable bonds is 2. The second-order valence-corrected chi connectivity index (χ2v) is 28.2. The first-order valence-corrected chi connectivity index (χ1v) is 28.7. The zero-order chi connectivity index (χ0) is 46.0. The standard InChI is InChI=1S/C75H13NO/c1-11-6-5-9-13(10-11)71-76-75-67-60-51-43-30-24-17-15-14-16-18-19(17)26(30)34-33-25(18)29-23(16)31-27-20(14)22-21(15)28-32(24)42-49-37(28)39-35(22)38-36(27)46-40(31)47-41(29)48-44(33)54(45(34)51)63(67)65-57(48)55(47)64-56(46)61-52(38)53(39)62-59(49)66(58(60)50(42)43)74(75,77-71)69(62)68(61)72(64)70(73(65,72)75)12-7-3-2-4-8-12/h2-10,70H,1H3. The lowest BCUT2D eigenvalue weighted by Crippen LogP contribution is -2.59. The molecule has 7 aliphatic carbocycles. The predicted octanol–water partition coefficient (Wildman–Crippen LogP) is 18.7. The maximum absolute atomic E-state index is 8.84. The van der Waals surface area contributed by atoms with Crippen molar-refractivity contribution in [3.63, 3.8) is 0 Å². The molecular formula is C75H13NO. The second kappa shape index (κ2) is 6.59. The molecule has 324 valence electrons. The molecular weight excluding hydrogens is 931 g/mol. The summed E-state index contributed by atoms with van der Waals surface area (Å²) in [4.78, 5) is 6.93. The Kier molecular flexibility index (Phi) is 2.49. The van der Waals surface area contributed by atoms with Gasteiger partial charge in [-0.1, -0.05) is 48.0 Å². The van der Waals surface area contributed by atoms with E-state index in [-0.39, 0.29) is 11.3 Å². The summed E-state index contributed by atoms with van der Waals surface area (Å²) in [5.74, 6) is 1.04. The van der Waals surface area contributed by atoms with Gasteiger partial charge < -0.3 is 4.74 Å². The summed E-state index contributed by atoms with van der Waals surface area (Å²) < 4.78 is 8.84. The fourth-order valence-corrected chi connectivity index (χ4v) is 28.0. The van der Waals surface area contributed by atoms with Gasteiger partial charge in [-0.15, -0.1) is 0 Å². The van der Waals surface area contributed by atoms with Crippen molar-refractivity contribution in [1.82, 2.24) is 0 Å². The Bertz CT molecular complexity index is 8050. The summed E-state index contributed by atoms with van der Waals surface area (Å²) in [5, 5.41) is 81.1. The van der Waals surface area contributed by atoms with Crippen LogP contribution in [-0.2, 0) is 26.7 Å². The molecule has 5 unspecified atom stereocenters. The van der Waals surface area contributed by atoms with Crippen LogP contribution in [0.2, 0.25) is 0 Å². The van der Waals surface area contributed by atoms with Crippen molar-refractivity contribution in [3.8, 4) is 0 Å². The maximum Gasteiger partial charge on any atom is 0.218 e. The van der Waals surface area contributed by atoms with Crippen molar-refractivity contribution in [2.24, 2.45) is 4.99 Å². The van der Waals surface area contributed by atoms with Gasteiger partial charge in [-0.05, 0) is 311 Å². The fourth-order valence-electron chi connectivity index (χ4n) is 28.0. The van der Waals surface area contributed by atoms with Crippen LogP contribution in [0.4, 0.5) is 0 Å². The number of hydrogen-bond donors (Lipinski definition) is 0. The zero-order valence-corrected chi connectivity index (χ0v) is 39.6. The van der Waals surface area contributed by atoms with E-state index in [4.69, 9.17) is 9.73 Å². The van der Waals surface area contributed by atoms with Crippen LogP contribution in [0.3, 0.4) is 0 Å². The fraction of sp³-hybridized carbons (Fsp3) is 0.0800. The van der Waals surface area contributed by atoms with Crippen molar-refractivity contribution >= 4 is 275 Å². The minimum Gasteiger partial charge on any atom is -0.458 e. The molecule has 1 heterocycles. The Morgan fingerprint density at radius 1 is 0.312 bits per heavy atom. The van der Waals surface area contributed by atoms with E-state index < -0.39 is 16.6 Å². The van der Waals surface area contributed by atoms with Gasteiger partial charge in [0.05, 0.1) is 5.41 Å². The van der Waals surface area contributed by atoms with Crippen LogP contribution in [0.1, 0.15) is 56.0 Å². The molecule has 1 saturated carbocycles. The molecule has 0 bridgehead atoms. The van der Waals surface area contributed by atoms with Crippen LogP contribution in [0.25, 0.3) is 269 Å². The number of nitrogens with zero attached hydrogens (tertiary/aromatic N) is 1. The van der Waals surface area contributed by atoms with Gasteiger partial charge in [0.25, 0.3) is 0 Å². The van der Waals surface area contributed by atoms with Gasteiger partial charge in [0.1, 0.15) is 0 Å². The SMILES string of the molecule is Cc1cccc(C2=NC34c5c6c7c8c9c%10c%11c%12c(c%13c%14c%15c(c%16c5c5c%17c6c6c8c8c9c9c%11c%11c%18c%12c%14c%12c%14c%15c%15c%16c5c5c%16c%17c6c6c8c8c9c%11c9c(c%12%18)c%11c%14c%15c5c5c%16c6c8c9c%115)C%133O2)C%102C(c3ccccc3)C724)c1. The van der Waals surface area contributed by atoms with Gasteiger partial charge in [-0.25, -0.2) is 4.99 Å². The van der Waals surface area contributed by atoms with Crippen LogP contribution in [0.15, 0.2) is 59.6 Å². The van der Waals surface area contributed by atoms with Gasteiger partial charge in [0, 0.05) is 33.6 Å². The van der Waals surface area contributed by atoms with Crippen molar-refractivity contribution in [2.45, 2.75) is 34.8 Å². The first kappa shape index (κ1) is 29.1. The maximum atomic E-state index is 8.84. The van der Waals surface area contributed by atoms with E-state index in [0.29, 0.717) is 0 Å². The Morgan fingerprint density at radius 3 is 1.09 bits per heavy atom. The predicted molar refractivity (Wildman–Crippen MR) is 317 cm³/mol. The summed E-state index contributed by atoms with van der Waals surface area (Å²) in [7, 11) is 0. The molecule has 0 saturated heterocycles. The normalized spacial score (nSPS) is 27.0. The molecule has 8 aliphatic rings. The van der Waals surface area contributed by atoms with Gasteiger partial charge in [-0.3, -0.25) is 0 Å². The molecule has 0 amide bonds. The highest BCUT2D eigenvalue weighted by Crippen LogP contribution is 3.00. The molecule has 2 heteroatoms. The van der Waals surface area contributed by atoms with Crippen LogP contribution in [0.5, 0.6) is 0 Å². The molecule has 28 aromatic carbocycles. The molecule has 0 radical (unpaired) electrons. The lowest BCUT2D eigenvalue weighted by atomic mass is 9.52. The molecule has 28 aromatic rings. The number of aryl methyl sites for hydroxylation is 1. The van der Waals surface area contributed by atoms with Crippen LogP contribution >= 0.6 is 0 Å². The molecule has 36 rings (SSSR count). The highest BCUT2D eigenvalue weighted by molar-refractivity contribution is 6.81. The Morgan fingerprint density at radius 2 is 0.662 bits per heavy atom. The molecule has 0 N–H and O–H groups in total. The minimum atomic E-state index is -0.869. The van der Waals surface area contributed by atoms with Crippen LogP contribution in [0, 0.1) is 6.92 Å². The summed E-state index contributed by atoms with van der Waals surface area (Å²) in [6, 6.07) is 21.4.